The molecule has 2 aromatic rings. The second-order valence-corrected chi connectivity index (χ2v) is 5.73. The van der Waals surface area contributed by atoms with Crippen LogP contribution in [0, 0.1) is 0 Å². The van der Waals surface area contributed by atoms with Gasteiger partial charge < -0.3 is 10.9 Å². The maximum Gasteiger partial charge on any atom is 0.170 e. The zero-order valence-corrected chi connectivity index (χ0v) is 12.5. The first kappa shape index (κ1) is 14.6. The Bertz CT molecular complexity index is 581. The molecule has 20 heavy (non-hydrogen) atoms. The van der Waals surface area contributed by atoms with Crippen LogP contribution in [0.2, 0.25) is 0 Å². The Hall–Kier alpha value is -1.85. The van der Waals surface area contributed by atoms with E-state index in [1.54, 1.807) is 11.3 Å². The predicted octanol–water partition coefficient (Wildman–Crippen LogP) is 3.04. The van der Waals surface area contributed by atoms with Crippen molar-refractivity contribution in [3.63, 3.8) is 0 Å². The van der Waals surface area contributed by atoms with Gasteiger partial charge in [0.25, 0.3) is 0 Å². The molecule has 1 aromatic heterocycles. The van der Waals surface area contributed by atoms with Crippen molar-refractivity contribution in [2.24, 2.45) is 10.9 Å². The molecule has 0 fully saturated rings. The molecule has 1 atom stereocenters. The first-order chi connectivity index (χ1) is 9.63. The number of benzene rings is 1. The molecule has 1 aromatic carbocycles. The highest BCUT2D eigenvalue weighted by Crippen LogP contribution is 2.25. The largest absolute Gasteiger partial charge is 0.409 e. The van der Waals surface area contributed by atoms with Crippen LogP contribution >= 0.6 is 11.3 Å². The molecule has 0 aliphatic rings. The summed E-state index contributed by atoms with van der Waals surface area (Å²) in [5.74, 6) is 0.151. The second kappa shape index (κ2) is 6.54. The number of hydrogen-bond donors (Lipinski definition) is 2. The Morgan fingerprint density at radius 1 is 1.35 bits per heavy atom. The van der Waals surface area contributed by atoms with E-state index in [2.05, 4.69) is 41.5 Å². The average Bonchev–Trinajstić information content (AvgIpc) is 3.00. The molecule has 0 spiro atoms. The summed E-state index contributed by atoms with van der Waals surface area (Å²) in [6, 6.07) is 12.3. The third kappa shape index (κ3) is 3.18. The zero-order chi connectivity index (χ0) is 14.5. The van der Waals surface area contributed by atoms with Gasteiger partial charge in [0, 0.05) is 23.0 Å². The summed E-state index contributed by atoms with van der Waals surface area (Å²) < 4.78 is 0. The van der Waals surface area contributed by atoms with Crippen LogP contribution in [0.1, 0.15) is 29.0 Å². The monoisotopic (exact) mass is 289 g/mol. The van der Waals surface area contributed by atoms with E-state index in [-0.39, 0.29) is 5.84 Å². The summed E-state index contributed by atoms with van der Waals surface area (Å²) in [5.41, 5.74) is 7.55. The topological polar surface area (TPSA) is 61.8 Å². The molecule has 0 saturated heterocycles. The summed E-state index contributed by atoms with van der Waals surface area (Å²) in [6.07, 6.45) is 0. The standard InChI is InChI=1S/C15H19N3OS/c1-11(14-8-5-9-20-14)18(2)10-12-6-3-4-7-13(12)15(16)17-19/h3-9,11,19H,10H2,1-2H3,(H2,16,17). The lowest BCUT2D eigenvalue weighted by Gasteiger charge is -2.24. The number of nitrogens with zero attached hydrogens (tertiary/aromatic N) is 2. The number of rotatable bonds is 5. The van der Waals surface area contributed by atoms with Crippen molar-refractivity contribution in [1.29, 1.82) is 0 Å². The molecule has 0 aliphatic heterocycles. The van der Waals surface area contributed by atoms with Gasteiger partial charge in [-0.3, -0.25) is 4.90 Å². The van der Waals surface area contributed by atoms with E-state index in [0.29, 0.717) is 6.04 Å². The molecular formula is C15H19N3OS. The van der Waals surface area contributed by atoms with Crippen molar-refractivity contribution >= 4 is 17.2 Å². The first-order valence-electron chi connectivity index (χ1n) is 6.43. The SMILES string of the molecule is CC(c1cccs1)N(C)Cc1ccccc1C(N)=NO. The van der Waals surface area contributed by atoms with Gasteiger partial charge in [0.05, 0.1) is 0 Å². The van der Waals surface area contributed by atoms with E-state index in [4.69, 9.17) is 10.9 Å². The number of thiophene rings is 1. The van der Waals surface area contributed by atoms with Crippen molar-refractivity contribution in [3.05, 3.63) is 57.8 Å². The van der Waals surface area contributed by atoms with Crippen LogP contribution in [-0.2, 0) is 6.54 Å². The molecule has 0 radical (unpaired) electrons. The van der Waals surface area contributed by atoms with Gasteiger partial charge in [0.1, 0.15) is 0 Å². The molecule has 0 aliphatic carbocycles. The Morgan fingerprint density at radius 2 is 2.10 bits per heavy atom. The molecule has 0 bridgehead atoms. The third-order valence-electron chi connectivity index (χ3n) is 3.44. The summed E-state index contributed by atoms with van der Waals surface area (Å²) in [6.45, 7) is 2.92. The van der Waals surface area contributed by atoms with Gasteiger partial charge in [0.15, 0.2) is 5.84 Å². The highest BCUT2D eigenvalue weighted by Gasteiger charge is 2.15. The summed E-state index contributed by atoms with van der Waals surface area (Å²) in [7, 11) is 2.08. The molecule has 1 heterocycles. The average molecular weight is 289 g/mol. The molecule has 3 N–H and O–H groups in total. The van der Waals surface area contributed by atoms with Gasteiger partial charge in [-0.1, -0.05) is 35.5 Å². The molecule has 2 rings (SSSR count). The Labute approximate surface area is 123 Å². The van der Waals surface area contributed by atoms with E-state index in [0.717, 1.165) is 17.7 Å². The number of oxime groups is 1. The van der Waals surface area contributed by atoms with Crippen molar-refractivity contribution in [1.82, 2.24) is 4.90 Å². The maximum absolute atomic E-state index is 8.86. The molecular weight excluding hydrogens is 270 g/mol. The van der Waals surface area contributed by atoms with Crippen molar-refractivity contribution in [2.75, 3.05) is 7.05 Å². The minimum Gasteiger partial charge on any atom is -0.409 e. The fraction of sp³-hybridized carbons (Fsp3) is 0.267. The fourth-order valence-corrected chi connectivity index (χ4v) is 2.96. The van der Waals surface area contributed by atoms with Crippen LogP contribution < -0.4 is 5.73 Å². The summed E-state index contributed by atoms with van der Waals surface area (Å²) >= 11 is 1.75. The Morgan fingerprint density at radius 3 is 2.75 bits per heavy atom. The van der Waals surface area contributed by atoms with Crippen LogP contribution in [-0.4, -0.2) is 23.0 Å². The molecule has 4 nitrogen and oxygen atoms in total. The lowest BCUT2D eigenvalue weighted by Crippen LogP contribution is -2.24. The Kier molecular flexibility index (Phi) is 4.76. The Balaban J connectivity index is 2.18. The fourth-order valence-electron chi connectivity index (χ4n) is 2.11. The second-order valence-electron chi connectivity index (χ2n) is 4.75. The molecule has 1 unspecified atom stereocenters. The van der Waals surface area contributed by atoms with Gasteiger partial charge in [-0.05, 0) is 31.0 Å². The van der Waals surface area contributed by atoms with E-state index < -0.39 is 0 Å². The molecule has 106 valence electrons. The minimum atomic E-state index is 0.151. The zero-order valence-electron chi connectivity index (χ0n) is 11.7. The number of amidine groups is 1. The summed E-state index contributed by atoms with van der Waals surface area (Å²) in [5, 5.41) is 14.0. The quantitative estimate of drug-likeness (QED) is 0.385. The van der Waals surface area contributed by atoms with Crippen LogP contribution in [0.3, 0.4) is 0 Å². The highest BCUT2D eigenvalue weighted by atomic mass is 32.1. The molecule has 0 amide bonds. The maximum atomic E-state index is 8.86. The van der Waals surface area contributed by atoms with Crippen LogP contribution in [0.5, 0.6) is 0 Å². The van der Waals surface area contributed by atoms with Crippen molar-refractivity contribution in [2.45, 2.75) is 19.5 Å². The molecule has 5 heteroatoms. The number of hydrogen-bond acceptors (Lipinski definition) is 4. The van der Waals surface area contributed by atoms with Crippen LogP contribution in [0.15, 0.2) is 46.9 Å². The van der Waals surface area contributed by atoms with Crippen LogP contribution in [0.4, 0.5) is 0 Å². The summed E-state index contributed by atoms with van der Waals surface area (Å²) in [4.78, 5) is 3.57. The van der Waals surface area contributed by atoms with E-state index in [9.17, 15) is 0 Å². The van der Waals surface area contributed by atoms with E-state index >= 15 is 0 Å². The van der Waals surface area contributed by atoms with Crippen molar-refractivity contribution in [3.8, 4) is 0 Å². The van der Waals surface area contributed by atoms with Crippen LogP contribution in [0.25, 0.3) is 0 Å². The lowest BCUT2D eigenvalue weighted by atomic mass is 10.1. The van der Waals surface area contributed by atoms with E-state index in [1.165, 1.54) is 4.88 Å². The first-order valence-corrected chi connectivity index (χ1v) is 7.31. The van der Waals surface area contributed by atoms with Gasteiger partial charge in [0.2, 0.25) is 0 Å². The molecule has 0 saturated carbocycles. The van der Waals surface area contributed by atoms with Gasteiger partial charge in [-0.25, -0.2) is 0 Å². The smallest absolute Gasteiger partial charge is 0.170 e. The minimum absolute atomic E-state index is 0.151. The van der Waals surface area contributed by atoms with E-state index in [1.807, 2.05) is 24.3 Å². The van der Waals surface area contributed by atoms with Gasteiger partial charge >= 0.3 is 0 Å². The van der Waals surface area contributed by atoms with Gasteiger partial charge in [-0.15, -0.1) is 11.3 Å². The number of nitrogens with two attached hydrogens (primary N) is 1. The normalized spacial score (nSPS) is 13.7. The van der Waals surface area contributed by atoms with Gasteiger partial charge in [-0.2, -0.15) is 0 Å². The highest BCUT2D eigenvalue weighted by molar-refractivity contribution is 7.10. The predicted molar refractivity (Wildman–Crippen MR) is 83.2 cm³/mol. The third-order valence-corrected chi connectivity index (χ3v) is 4.48. The lowest BCUT2D eigenvalue weighted by molar-refractivity contribution is 0.256. The van der Waals surface area contributed by atoms with Crippen molar-refractivity contribution < 1.29 is 5.21 Å².